The molecule has 1 saturated carbocycles. The monoisotopic (exact) mass is 627 g/mol. The highest BCUT2D eigenvalue weighted by atomic mass is 35.6. The number of esters is 1. The molecule has 13 heteroatoms. The normalized spacial score (nSPS) is 15.0. The highest BCUT2D eigenvalue weighted by Gasteiger charge is 2.26. The number of hydrogen-bond acceptors (Lipinski definition) is 8. The summed E-state index contributed by atoms with van der Waals surface area (Å²) in [5.74, 6) is -1.49. The summed E-state index contributed by atoms with van der Waals surface area (Å²) in [5, 5.41) is 12.7. The smallest absolute Gasteiger partial charge is 0.357 e. The predicted octanol–water partition coefficient (Wildman–Crippen LogP) is 4.71. The number of nitrogens with zero attached hydrogens (tertiary/aromatic N) is 2. The van der Waals surface area contributed by atoms with Crippen molar-refractivity contribution >= 4 is 58.7 Å². The van der Waals surface area contributed by atoms with Gasteiger partial charge in [0.15, 0.2) is 9.99 Å². The van der Waals surface area contributed by atoms with Crippen LogP contribution in [0.1, 0.15) is 49.7 Å². The second-order valence-corrected chi connectivity index (χ2v) is 11.2. The van der Waals surface area contributed by atoms with Crippen LogP contribution in [0.2, 0.25) is 0 Å². The summed E-state index contributed by atoms with van der Waals surface area (Å²) < 4.78 is 15.5. The molecule has 2 aromatic rings. The molecule has 1 aliphatic heterocycles. The van der Waals surface area contributed by atoms with Crippen molar-refractivity contribution in [3.63, 3.8) is 0 Å². The van der Waals surface area contributed by atoms with E-state index in [0.29, 0.717) is 43.5 Å². The maximum atomic E-state index is 13.2. The predicted molar refractivity (Wildman–Crippen MR) is 157 cm³/mol. The third kappa shape index (κ3) is 9.86. The number of carbonyl (C=O) groups is 3. The van der Waals surface area contributed by atoms with Crippen LogP contribution < -0.4 is 10.1 Å². The number of methoxy groups -OCH3 is 1. The van der Waals surface area contributed by atoms with Crippen LogP contribution >= 0.6 is 34.8 Å². The van der Waals surface area contributed by atoms with Gasteiger partial charge >= 0.3 is 11.9 Å². The summed E-state index contributed by atoms with van der Waals surface area (Å²) >= 11 is 14.4. The number of aromatic carboxylic acids is 1. The maximum absolute atomic E-state index is 13.2. The van der Waals surface area contributed by atoms with E-state index in [2.05, 4.69) is 21.8 Å². The fraction of sp³-hybridized carbons (Fsp3) is 0.429. The number of pyridine rings is 1. The quantitative estimate of drug-likeness (QED) is 0.269. The molecule has 2 N–H and O–H groups in total. The third-order valence-electron chi connectivity index (χ3n) is 6.42. The number of aromatic nitrogens is 1. The lowest BCUT2D eigenvalue weighted by atomic mass is 9.95. The molecule has 1 amide bonds. The van der Waals surface area contributed by atoms with E-state index in [1.165, 1.54) is 37.5 Å². The lowest BCUT2D eigenvalue weighted by Gasteiger charge is -2.26. The van der Waals surface area contributed by atoms with Crippen LogP contribution in [0.4, 0.5) is 0 Å². The molecule has 41 heavy (non-hydrogen) atoms. The minimum atomic E-state index is -1.20. The number of carboxylic acid groups (broad SMARTS) is 1. The fourth-order valence-electron chi connectivity index (χ4n) is 4.10. The van der Waals surface area contributed by atoms with Crippen molar-refractivity contribution in [3.05, 3.63) is 53.4 Å². The van der Waals surface area contributed by atoms with Crippen molar-refractivity contribution in [3.8, 4) is 16.9 Å². The third-order valence-corrected chi connectivity index (χ3v) is 6.42. The Hall–Kier alpha value is -2.89. The average molecular weight is 629 g/mol. The van der Waals surface area contributed by atoms with Gasteiger partial charge in [0, 0.05) is 42.9 Å². The molecular formula is C28H32Cl3N3O7. The summed E-state index contributed by atoms with van der Waals surface area (Å²) in [7, 11) is 1.46. The summed E-state index contributed by atoms with van der Waals surface area (Å²) in [6.07, 6.45) is 3.64. The zero-order valence-corrected chi connectivity index (χ0v) is 24.8. The van der Waals surface area contributed by atoms with E-state index in [1.807, 2.05) is 0 Å². The number of halogens is 3. The van der Waals surface area contributed by atoms with Crippen LogP contribution in [0, 0.1) is 5.92 Å². The van der Waals surface area contributed by atoms with Crippen molar-refractivity contribution in [1.29, 1.82) is 0 Å². The molecule has 0 bridgehead atoms. The number of ether oxygens (including phenoxy) is 3. The Morgan fingerprint density at radius 2 is 1.88 bits per heavy atom. The molecule has 0 unspecified atom stereocenters. The second kappa shape index (κ2) is 15.9. The minimum absolute atomic E-state index is 0.0519. The van der Waals surface area contributed by atoms with Gasteiger partial charge in [0.1, 0.15) is 18.1 Å². The standard InChI is InChI=1S/C27H31N3O7.CHCl3/c1-3-18-14-21(26(32)33)20(15-23(18)35-2)19-6-7-22(25(31)28-16-17-4-5-17)29-24(19)27(34)37-13-10-30-8-11-36-12-9-30;2-1(3)4/h3,6-7,14-15,17H,1,4-5,8-13,16H2,2H3,(H,28,31)(H,32,33);1H. The first-order valence-corrected chi connectivity index (χ1v) is 14.2. The Balaban J connectivity index is 0.00000108. The van der Waals surface area contributed by atoms with Gasteiger partial charge in [0.25, 0.3) is 5.91 Å². The Kier molecular flexibility index (Phi) is 12.7. The van der Waals surface area contributed by atoms with E-state index in [9.17, 15) is 19.5 Å². The van der Waals surface area contributed by atoms with Gasteiger partial charge in [-0.1, -0.05) is 47.5 Å². The number of amides is 1. The van der Waals surface area contributed by atoms with E-state index >= 15 is 0 Å². The van der Waals surface area contributed by atoms with Gasteiger partial charge in [-0.3, -0.25) is 9.69 Å². The average Bonchev–Trinajstić information content (AvgIpc) is 3.79. The molecule has 0 radical (unpaired) electrons. The molecule has 1 saturated heterocycles. The Labute approximate surface area is 253 Å². The van der Waals surface area contributed by atoms with E-state index in [4.69, 9.17) is 49.0 Å². The van der Waals surface area contributed by atoms with Crippen LogP contribution in [0.25, 0.3) is 17.2 Å². The van der Waals surface area contributed by atoms with E-state index < -0.39 is 22.1 Å². The number of hydrogen-bond donors (Lipinski definition) is 2. The zero-order valence-electron chi connectivity index (χ0n) is 22.5. The van der Waals surface area contributed by atoms with Crippen molar-refractivity contribution in [2.24, 2.45) is 5.92 Å². The highest BCUT2D eigenvalue weighted by Crippen LogP contribution is 2.34. The topological polar surface area (TPSA) is 127 Å². The number of carbonyl (C=O) groups excluding carboxylic acids is 2. The number of morpholine rings is 1. The lowest BCUT2D eigenvalue weighted by Crippen LogP contribution is -2.38. The first-order valence-electron chi connectivity index (χ1n) is 12.9. The van der Waals surface area contributed by atoms with Crippen molar-refractivity contribution < 1.29 is 33.7 Å². The first-order chi connectivity index (χ1) is 19.6. The second-order valence-electron chi connectivity index (χ2n) is 9.23. The van der Waals surface area contributed by atoms with Crippen LogP contribution in [0.5, 0.6) is 5.75 Å². The molecule has 0 spiro atoms. The number of rotatable bonds is 11. The maximum Gasteiger partial charge on any atom is 0.357 e. The molecule has 1 aliphatic carbocycles. The molecule has 4 rings (SSSR count). The molecule has 0 atom stereocenters. The zero-order chi connectivity index (χ0) is 29.9. The van der Waals surface area contributed by atoms with Gasteiger partial charge in [-0.05, 0) is 43.0 Å². The largest absolute Gasteiger partial charge is 0.496 e. The van der Waals surface area contributed by atoms with Crippen LogP contribution in [0.15, 0.2) is 30.8 Å². The van der Waals surface area contributed by atoms with Gasteiger partial charge in [-0.2, -0.15) is 0 Å². The molecule has 10 nitrogen and oxygen atoms in total. The first kappa shape index (κ1) is 32.6. The summed E-state index contributed by atoms with van der Waals surface area (Å²) in [4.78, 5) is 44.5. The Morgan fingerprint density at radius 3 is 2.46 bits per heavy atom. The van der Waals surface area contributed by atoms with E-state index in [-0.39, 0.29) is 34.7 Å². The Morgan fingerprint density at radius 1 is 1.20 bits per heavy atom. The molecule has 1 aromatic heterocycles. The molecule has 222 valence electrons. The van der Waals surface area contributed by atoms with Crippen LogP contribution in [-0.4, -0.2) is 90.2 Å². The highest BCUT2D eigenvalue weighted by molar-refractivity contribution is 6.63. The van der Waals surface area contributed by atoms with Crippen LogP contribution in [-0.2, 0) is 9.47 Å². The van der Waals surface area contributed by atoms with Crippen molar-refractivity contribution in [2.75, 3.05) is 53.1 Å². The van der Waals surface area contributed by atoms with Gasteiger partial charge in [0.05, 0.1) is 25.9 Å². The van der Waals surface area contributed by atoms with Gasteiger partial charge in [-0.15, -0.1) is 0 Å². The number of alkyl halides is 3. The number of carboxylic acids is 1. The van der Waals surface area contributed by atoms with Gasteiger partial charge in [-0.25, -0.2) is 14.6 Å². The van der Waals surface area contributed by atoms with Gasteiger partial charge in [0.2, 0.25) is 0 Å². The minimum Gasteiger partial charge on any atom is -0.496 e. The fourth-order valence-corrected chi connectivity index (χ4v) is 4.10. The number of nitrogens with one attached hydrogen (secondary N) is 1. The molecular weight excluding hydrogens is 597 g/mol. The summed E-state index contributed by atoms with van der Waals surface area (Å²) in [5.41, 5.74) is 0.773. The van der Waals surface area contributed by atoms with Crippen molar-refractivity contribution in [1.82, 2.24) is 15.2 Å². The molecule has 1 aromatic carbocycles. The van der Waals surface area contributed by atoms with E-state index in [1.54, 1.807) is 0 Å². The van der Waals surface area contributed by atoms with Crippen LogP contribution in [0.3, 0.4) is 0 Å². The SMILES string of the molecule is C=Cc1cc(C(=O)O)c(-c2ccc(C(=O)NCC3CC3)nc2C(=O)OCCN2CCOCC2)cc1OC.ClC(Cl)Cl. The van der Waals surface area contributed by atoms with Gasteiger partial charge < -0.3 is 24.6 Å². The molecule has 2 aliphatic rings. The van der Waals surface area contributed by atoms with E-state index in [0.717, 1.165) is 25.9 Å². The lowest BCUT2D eigenvalue weighted by molar-refractivity contribution is 0.0193. The summed E-state index contributed by atoms with van der Waals surface area (Å²) in [6.45, 7) is 7.63. The molecule has 2 fully saturated rings. The Bertz CT molecular complexity index is 1250. The summed E-state index contributed by atoms with van der Waals surface area (Å²) in [6, 6.07) is 5.94. The number of benzene rings is 1. The molecule has 2 heterocycles. The van der Waals surface area contributed by atoms with Crippen molar-refractivity contribution in [2.45, 2.75) is 17.1 Å².